The van der Waals surface area contributed by atoms with E-state index in [0.717, 1.165) is 18.6 Å². The Labute approximate surface area is 124 Å². The van der Waals surface area contributed by atoms with Crippen LogP contribution >= 0.6 is 0 Å². The molecule has 0 aromatic heterocycles. The number of halogens is 1. The summed E-state index contributed by atoms with van der Waals surface area (Å²) < 4.78 is 38.9. The minimum Gasteiger partial charge on any atom is -0.353 e. The fraction of sp³-hybridized carbons (Fsp3) is 0.500. The fourth-order valence-electron chi connectivity index (χ4n) is 1.95. The molecule has 1 aromatic carbocycles. The van der Waals surface area contributed by atoms with Crippen LogP contribution in [0.1, 0.15) is 26.2 Å². The predicted molar refractivity (Wildman–Crippen MR) is 76.5 cm³/mol. The van der Waals surface area contributed by atoms with Gasteiger partial charge in [-0.05, 0) is 43.0 Å². The molecule has 0 bridgehead atoms. The van der Waals surface area contributed by atoms with E-state index in [4.69, 9.17) is 0 Å². The van der Waals surface area contributed by atoms with Gasteiger partial charge >= 0.3 is 0 Å². The maximum absolute atomic E-state index is 12.7. The van der Waals surface area contributed by atoms with Gasteiger partial charge in [-0.1, -0.05) is 6.92 Å². The molecule has 2 rings (SSSR count). The van der Waals surface area contributed by atoms with E-state index in [1.54, 1.807) is 0 Å². The molecule has 5 nitrogen and oxygen atoms in total. The lowest BCUT2D eigenvalue weighted by molar-refractivity contribution is -0.121. The van der Waals surface area contributed by atoms with Crippen LogP contribution in [0.5, 0.6) is 0 Å². The van der Waals surface area contributed by atoms with E-state index in [2.05, 4.69) is 17.0 Å². The van der Waals surface area contributed by atoms with Gasteiger partial charge in [0.25, 0.3) is 0 Å². The van der Waals surface area contributed by atoms with Crippen molar-refractivity contribution in [2.45, 2.75) is 37.1 Å². The van der Waals surface area contributed by atoms with Gasteiger partial charge in [0, 0.05) is 19.0 Å². The first-order valence-electron chi connectivity index (χ1n) is 6.93. The van der Waals surface area contributed by atoms with E-state index >= 15 is 0 Å². The average molecular weight is 314 g/mol. The zero-order valence-electron chi connectivity index (χ0n) is 11.8. The van der Waals surface area contributed by atoms with Gasteiger partial charge in [0.15, 0.2) is 0 Å². The van der Waals surface area contributed by atoms with Gasteiger partial charge in [0.05, 0.1) is 4.90 Å². The van der Waals surface area contributed by atoms with Crippen molar-refractivity contribution < 1.29 is 17.6 Å². The van der Waals surface area contributed by atoms with E-state index < -0.39 is 15.8 Å². The molecule has 1 fully saturated rings. The van der Waals surface area contributed by atoms with Crippen LogP contribution in [0.3, 0.4) is 0 Å². The van der Waals surface area contributed by atoms with Crippen molar-refractivity contribution in [3.63, 3.8) is 0 Å². The Hall–Kier alpha value is -1.47. The molecule has 1 aliphatic rings. The number of carbonyl (C=O) groups is 1. The molecule has 2 atom stereocenters. The number of benzene rings is 1. The SMILES string of the molecule is C[C@@H]1C[C@@H]1NC(=O)CCCNS(=O)(=O)c1ccc(F)cc1. The summed E-state index contributed by atoms with van der Waals surface area (Å²) in [6.45, 7) is 2.25. The number of amides is 1. The largest absolute Gasteiger partial charge is 0.353 e. The van der Waals surface area contributed by atoms with Crippen LogP contribution in [0, 0.1) is 11.7 Å². The molecule has 116 valence electrons. The molecule has 2 N–H and O–H groups in total. The fourth-order valence-corrected chi connectivity index (χ4v) is 3.03. The molecule has 1 aliphatic carbocycles. The van der Waals surface area contributed by atoms with E-state index in [1.807, 2.05) is 0 Å². The highest BCUT2D eigenvalue weighted by Crippen LogP contribution is 2.28. The van der Waals surface area contributed by atoms with Crippen LogP contribution in [-0.4, -0.2) is 26.9 Å². The summed E-state index contributed by atoms with van der Waals surface area (Å²) in [6, 6.07) is 4.89. The number of sulfonamides is 1. The van der Waals surface area contributed by atoms with Gasteiger partial charge in [-0.3, -0.25) is 4.79 Å². The summed E-state index contributed by atoms with van der Waals surface area (Å²) in [5.74, 6) is 0.0104. The second-order valence-corrected chi connectivity index (χ2v) is 7.11. The number of hydrogen-bond donors (Lipinski definition) is 2. The lowest BCUT2D eigenvalue weighted by Gasteiger charge is -2.07. The summed E-state index contributed by atoms with van der Waals surface area (Å²) >= 11 is 0. The maximum Gasteiger partial charge on any atom is 0.240 e. The second-order valence-electron chi connectivity index (χ2n) is 5.34. The first-order chi connectivity index (χ1) is 9.88. The number of nitrogens with one attached hydrogen (secondary N) is 2. The minimum absolute atomic E-state index is 0.0140. The summed E-state index contributed by atoms with van der Waals surface area (Å²) in [5.41, 5.74) is 0. The van der Waals surface area contributed by atoms with Crippen LogP contribution in [0.4, 0.5) is 4.39 Å². The van der Waals surface area contributed by atoms with Crippen LogP contribution in [0.15, 0.2) is 29.2 Å². The molecule has 0 spiro atoms. The minimum atomic E-state index is -3.64. The highest BCUT2D eigenvalue weighted by atomic mass is 32.2. The third-order valence-electron chi connectivity index (χ3n) is 3.45. The topological polar surface area (TPSA) is 75.3 Å². The first-order valence-corrected chi connectivity index (χ1v) is 8.41. The second kappa shape index (κ2) is 6.53. The Bertz CT molecular complexity index is 601. The quantitative estimate of drug-likeness (QED) is 0.747. The molecule has 0 saturated heterocycles. The summed E-state index contributed by atoms with van der Waals surface area (Å²) in [5, 5.41) is 2.88. The van der Waals surface area contributed by atoms with Crippen LogP contribution < -0.4 is 10.0 Å². The monoisotopic (exact) mass is 314 g/mol. The molecule has 0 heterocycles. The van der Waals surface area contributed by atoms with Crippen molar-refractivity contribution in [3.8, 4) is 0 Å². The molecule has 21 heavy (non-hydrogen) atoms. The van der Waals surface area contributed by atoms with Crippen LogP contribution in [-0.2, 0) is 14.8 Å². The highest BCUT2D eigenvalue weighted by molar-refractivity contribution is 7.89. The maximum atomic E-state index is 12.7. The van der Waals surface area contributed by atoms with Crippen molar-refractivity contribution >= 4 is 15.9 Å². The summed E-state index contributed by atoms with van der Waals surface area (Å²) in [7, 11) is -3.64. The Balaban J connectivity index is 1.72. The average Bonchev–Trinajstić information content (AvgIpc) is 3.10. The van der Waals surface area contributed by atoms with Crippen molar-refractivity contribution in [3.05, 3.63) is 30.1 Å². The van der Waals surface area contributed by atoms with Gasteiger partial charge in [-0.25, -0.2) is 17.5 Å². The standard InChI is InChI=1S/C14H19FN2O3S/c1-10-9-13(10)17-14(18)3-2-8-16-21(19,20)12-6-4-11(15)5-7-12/h4-7,10,13,16H,2-3,8-9H2,1H3,(H,17,18)/t10-,13+/m1/s1. The third-order valence-corrected chi connectivity index (χ3v) is 4.93. The number of hydrogen-bond acceptors (Lipinski definition) is 3. The summed E-state index contributed by atoms with van der Waals surface area (Å²) in [6.07, 6.45) is 1.73. The van der Waals surface area contributed by atoms with E-state index in [9.17, 15) is 17.6 Å². The molecule has 1 aromatic rings. The lowest BCUT2D eigenvalue weighted by Crippen LogP contribution is -2.29. The van der Waals surface area contributed by atoms with Crippen molar-refractivity contribution in [2.75, 3.05) is 6.54 Å². The highest BCUT2D eigenvalue weighted by Gasteiger charge is 2.33. The van der Waals surface area contributed by atoms with E-state index in [0.29, 0.717) is 12.3 Å². The molecule has 0 aliphatic heterocycles. The van der Waals surface area contributed by atoms with Crippen LogP contribution in [0.25, 0.3) is 0 Å². The molecular formula is C14H19FN2O3S. The van der Waals surface area contributed by atoms with Gasteiger partial charge in [-0.15, -0.1) is 0 Å². The Morgan fingerprint density at radius 3 is 2.52 bits per heavy atom. The predicted octanol–water partition coefficient (Wildman–Crippen LogP) is 1.41. The Morgan fingerprint density at radius 2 is 1.95 bits per heavy atom. The molecule has 0 radical (unpaired) electrons. The zero-order valence-corrected chi connectivity index (χ0v) is 12.6. The van der Waals surface area contributed by atoms with Gasteiger partial charge in [0.1, 0.15) is 5.82 Å². The van der Waals surface area contributed by atoms with Crippen molar-refractivity contribution in [2.24, 2.45) is 5.92 Å². The normalized spacial score (nSPS) is 21.0. The molecule has 1 amide bonds. The van der Waals surface area contributed by atoms with E-state index in [1.165, 1.54) is 12.1 Å². The molecule has 0 unspecified atom stereocenters. The van der Waals surface area contributed by atoms with Gasteiger partial charge < -0.3 is 5.32 Å². The van der Waals surface area contributed by atoms with Crippen molar-refractivity contribution in [1.82, 2.24) is 10.0 Å². The first kappa shape index (κ1) is 15.9. The van der Waals surface area contributed by atoms with Gasteiger partial charge in [-0.2, -0.15) is 0 Å². The Morgan fingerprint density at radius 1 is 1.33 bits per heavy atom. The third kappa shape index (κ3) is 4.78. The zero-order chi connectivity index (χ0) is 15.5. The molecule has 1 saturated carbocycles. The number of rotatable bonds is 7. The van der Waals surface area contributed by atoms with Crippen LogP contribution in [0.2, 0.25) is 0 Å². The molecular weight excluding hydrogens is 295 g/mol. The molecule has 7 heteroatoms. The van der Waals surface area contributed by atoms with E-state index in [-0.39, 0.29) is 29.8 Å². The van der Waals surface area contributed by atoms with Gasteiger partial charge in [0.2, 0.25) is 15.9 Å². The smallest absolute Gasteiger partial charge is 0.240 e. The Kier molecular flexibility index (Phi) is 4.95. The van der Waals surface area contributed by atoms with Crippen molar-refractivity contribution in [1.29, 1.82) is 0 Å². The summed E-state index contributed by atoms with van der Waals surface area (Å²) in [4.78, 5) is 11.6. The lowest BCUT2D eigenvalue weighted by atomic mass is 10.3. The number of carbonyl (C=O) groups excluding carboxylic acids is 1.